The topological polar surface area (TPSA) is 96.2 Å². The van der Waals surface area contributed by atoms with Crippen LogP contribution in [0.4, 0.5) is 0 Å². The number of ether oxygens (including phenoxy) is 4. The van der Waals surface area contributed by atoms with Gasteiger partial charge in [-0.25, -0.2) is 8.84 Å². The van der Waals surface area contributed by atoms with Crippen LogP contribution >= 0.6 is 0 Å². The van der Waals surface area contributed by atoms with Crippen molar-refractivity contribution >= 4 is 10.8 Å². The van der Waals surface area contributed by atoms with Crippen molar-refractivity contribution < 1.29 is 27.8 Å². The van der Waals surface area contributed by atoms with Gasteiger partial charge in [0, 0.05) is 24.5 Å². The lowest BCUT2D eigenvalue weighted by Gasteiger charge is -2.29. The predicted octanol–water partition coefficient (Wildman–Crippen LogP) is 5.94. The molecule has 0 saturated carbocycles. The van der Waals surface area contributed by atoms with Crippen LogP contribution in [0.5, 0.6) is 23.1 Å². The summed E-state index contributed by atoms with van der Waals surface area (Å²) in [6.07, 6.45) is 0.988. The monoisotopic (exact) mass is 611 g/mol. The summed E-state index contributed by atoms with van der Waals surface area (Å²) in [4.78, 5) is 3.05. The van der Waals surface area contributed by atoms with Crippen molar-refractivity contribution in [2.24, 2.45) is 0 Å². The Morgan fingerprint density at radius 2 is 1.45 bits per heavy atom. The quantitative estimate of drug-likeness (QED) is 0.159. The molecule has 9 nitrogen and oxygen atoms in total. The van der Waals surface area contributed by atoms with Crippen LogP contribution in [0, 0.1) is 0 Å². The summed E-state index contributed by atoms with van der Waals surface area (Å²) in [5.41, 5.74) is 6.14. The number of methoxy groups -OCH3 is 2. The zero-order chi connectivity index (χ0) is 30.3. The maximum atomic E-state index is 12.7. The maximum Gasteiger partial charge on any atom is 0.293 e. The molecule has 44 heavy (non-hydrogen) atoms. The van der Waals surface area contributed by atoms with Crippen LogP contribution in [0.15, 0.2) is 106 Å². The van der Waals surface area contributed by atoms with E-state index >= 15 is 0 Å². The molecular formula is C34H33N3O6S. The number of fused-ring (bicyclic) bond motifs is 1. The Balaban J connectivity index is 0.987. The van der Waals surface area contributed by atoms with Crippen LogP contribution in [-0.4, -0.2) is 53.4 Å². The van der Waals surface area contributed by atoms with Gasteiger partial charge < -0.3 is 18.9 Å². The molecule has 1 unspecified atom stereocenters. The zero-order valence-electron chi connectivity index (χ0n) is 24.6. The molecule has 6 rings (SSSR count). The lowest BCUT2D eigenvalue weighted by atomic mass is 9.98. The summed E-state index contributed by atoms with van der Waals surface area (Å²) >= 11 is 0. The highest BCUT2D eigenvalue weighted by atomic mass is 32.2. The van der Waals surface area contributed by atoms with Crippen molar-refractivity contribution in [3.8, 4) is 34.3 Å². The van der Waals surface area contributed by atoms with Gasteiger partial charge in [-0.05, 0) is 80.9 Å². The van der Waals surface area contributed by atoms with E-state index in [2.05, 4.69) is 51.6 Å². The molecule has 2 heterocycles. The molecule has 0 saturated heterocycles. The number of nitrogens with zero attached hydrogens (tertiary/aromatic N) is 3. The minimum Gasteiger partial charge on any atom is -0.493 e. The summed E-state index contributed by atoms with van der Waals surface area (Å²) in [7, 11) is 1.81. The molecule has 4 aromatic carbocycles. The van der Waals surface area contributed by atoms with Crippen molar-refractivity contribution in [3.63, 3.8) is 0 Å². The lowest BCUT2D eigenvalue weighted by molar-refractivity contribution is 0.199. The number of benzene rings is 4. The fourth-order valence-corrected chi connectivity index (χ4v) is 6.19. The van der Waals surface area contributed by atoms with Gasteiger partial charge in [0.25, 0.3) is 5.88 Å². The molecule has 0 aliphatic carbocycles. The average Bonchev–Trinajstić information content (AvgIpc) is 3.55. The van der Waals surface area contributed by atoms with E-state index in [9.17, 15) is 4.21 Å². The predicted molar refractivity (Wildman–Crippen MR) is 166 cm³/mol. The van der Waals surface area contributed by atoms with Gasteiger partial charge in [0.05, 0.1) is 14.2 Å². The molecule has 1 aliphatic rings. The highest BCUT2D eigenvalue weighted by Gasteiger charge is 2.21. The molecule has 0 bridgehead atoms. The minimum atomic E-state index is -1.55. The van der Waals surface area contributed by atoms with E-state index in [1.165, 1.54) is 16.7 Å². The number of hydrogen-bond donors (Lipinski definition) is 0. The van der Waals surface area contributed by atoms with Crippen molar-refractivity contribution in [1.82, 2.24) is 15.2 Å². The van der Waals surface area contributed by atoms with Crippen molar-refractivity contribution in [2.45, 2.75) is 29.4 Å². The van der Waals surface area contributed by atoms with E-state index in [4.69, 9.17) is 23.6 Å². The smallest absolute Gasteiger partial charge is 0.293 e. The van der Waals surface area contributed by atoms with Crippen LogP contribution in [0.2, 0.25) is 0 Å². The number of aromatic nitrogens is 2. The van der Waals surface area contributed by atoms with Crippen LogP contribution in [0.25, 0.3) is 11.1 Å². The van der Waals surface area contributed by atoms with E-state index in [1.54, 1.807) is 26.4 Å². The minimum absolute atomic E-state index is 0.0978. The Bertz CT molecular complexity index is 1710. The van der Waals surface area contributed by atoms with Gasteiger partial charge in [-0.1, -0.05) is 54.6 Å². The second kappa shape index (κ2) is 13.7. The molecule has 10 heteroatoms. The molecular weight excluding hydrogens is 578 g/mol. The summed E-state index contributed by atoms with van der Waals surface area (Å²) in [6, 6.07) is 29.8. The van der Waals surface area contributed by atoms with Gasteiger partial charge >= 0.3 is 0 Å². The van der Waals surface area contributed by atoms with Gasteiger partial charge in [0.2, 0.25) is 5.03 Å². The second-order valence-corrected chi connectivity index (χ2v) is 11.7. The van der Waals surface area contributed by atoms with Crippen LogP contribution in [0.1, 0.15) is 16.7 Å². The Labute approximate surface area is 258 Å². The second-order valence-electron chi connectivity index (χ2n) is 10.3. The zero-order valence-corrected chi connectivity index (χ0v) is 25.4. The fraction of sp³-hybridized carbons (Fsp3) is 0.235. The highest BCUT2D eigenvalue weighted by molar-refractivity contribution is 7.85. The van der Waals surface area contributed by atoms with Crippen molar-refractivity contribution in [3.05, 3.63) is 108 Å². The molecule has 0 amide bonds. The van der Waals surface area contributed by atoms with E-state index < -0.39 is 10.8 Å². The molecule has 0 N–H and O–H groups in total. The molecule has 5 aromatic rings. The third-order valence-corrected chi connectivity index (χ3v) is 8.80. The molecule has 1 aromatic heterocycles. The first-order valence-corrected chi connectivity index (χ1v) is 15.5. The van der Waals surface area contributed by atoms with Gasteiger partial charge in [0.15, 0.2) is 11.5 Å². The summed E-state index contributed by atoms with van der Waals surface area (Å²) in [6.45, 7) is 3.24. The van der Waals surface area contributed by atoms with Crippen LogP contribution in [0.3, 0.4) is 0 Å². The third-order valence-electron chi connectivity index (χ3n) is 7.50. The molecule has 226 valence electrons. The summed E-state index contributed by atoms with van der Waals surface area (Å²) in [5.74, 6) is 2.39. The van der Waals surface area contributed by atoms with E-state index in [0.29, 0.717) is 4.90 Å². The van der Waals surface area contributed by atoms with Crippen molar-refractivity contribution in [2.75, 3.05) is 34.0 Å². The number of hydrogen-bond acceptors (Lipinski definition) is 9. The Hall–Kier alpha value is -4.67. The molecule has 0 fully saturated rings. The van der Waals surface area contributed by atoms with E-state index in [1.807, 2.05) is 42.5 Å². The summed E-state index contributed by atoms with van der Waals surface area (Å²) < 4.78 is 40.0. The molecule has 1 aliphatic heterocycles. The Kier molecular flexibility index (Phi) is 9.19. The third kappa shape index (κ3) is 6.77. The average molecular weight is 612 g/mol. The van der Waals surface area contributed by atoms with E-state index in [0.717, 1.165) is 54.4 Å². The lowest BCUT2D eigenvalue weighted by Crippen LogP contribution is -2.30. The normalized spacial score (nSPS) is 13.6. The van der Waals surface area contributed by atoms with Crippen LogP contribution < -0.4 is 18.9 Å². The standard InChI is InChI=1S/C34H33N3O6S/c1-39-31-20-27-16-17-37(23-28(27)21-32(31)40-2)22-24-8-10-25(11-9-24)26-12-14-29(15-13-26)41-18-19-42-33-34(36-43-35-33)44(38)30-6-4-3-5-7-30/h3-15,20-21H,16-19,22-23H2,1-2H3. The first-order valence-electron chi connectivity index (χ1n) is 14.3. The first kappa shape index (κ1) is 29.4. The van der Waals surface area contributed by atoms with Gasteiger partial charge in [0.1, 0.15) is 29.8 Å². The maximum absolute atomic E-state index is 12.7. The summed E-state index contributed by atoms with van der Waals surface area (Å²) in [5, 5.41) is 7.65. The Morgan fingerprint density at radius 3 is 2.16 bits per heavy atom. The van der Waals surface area contributed by atoms with Gasteiger partial charge in [-0.3, -0.25) is 4.90 Å². The highest BCUT2D eigenvalue weighted by Crippen LogP contribution is 2.34. The van der Waals surface area contributed by atoms with Crippen LogP contribution in [-0.2, 0) is 30.3 Å². The van der Waals surface area contributed by atoms with E-state index in [-0.39, 0.29) is 24.1 Å². The largest absolute Gasteiger partial charge is 0.493 e. The van der Waals surface area contributed by atoms with Crippen molar-refractivity contribution in [1.29, 1.82) is 0 Å². The SMILES string of the molecule is COc1cc2c(cc1OC)CN(Cc1ccc(-c3ccc(OCCOc4nonc4S(=O)c4ccccc4)cc3)cc1)CC2. The molecule has 0 radical (unpaired) electrons. The number of rotatable bonds is 12. The Morgan fingerprint density at radius 1 is 0.795 bits per heavy atom. The van der Waals surface area contributed by atoms with Gasteiger partial charge in [-0.15, -0.1) is 0 Å². The molecule has 1 atom stereocenters. The van der Waals surface area contributed by atoms with Gasteiger partial charge in [-0.2, -0.15) is 0 Å². The fourth-order valence-electron chi connectivity index (χ4n) is 5.21. The molecule has 0 spiro atoms. The first-order chi connectivity index (χ1) is 21.6.